The van der Waals surface area contributed by atoms with Crippen LogP contribution in [0.2, 0.25) is 0 Å². The fraction of sp³-hybridized carbons (Fsp3) is 0.632. The Kier molecular flexibility index (Phi) is 5.68. The second-order valence-electron chi connectivity index (χ2n) is 6.73. The molecule has 4 heteroatoms. The third kappa shape index (κ3) is 4.12. The number of nitrogens with zero attached hydrogens (tertiary/aromatic N) is 3. The van der Waals surface area contributed by atoms with E-state index in [1.54, 1.807) is 0 Å². The molecule has 0 saturated carbocycles. The van der Waals surface area contributed by atoms with Crippen molar-refractivity contribution in [2.75, 3.05) is 39.3 Å². The van der Waals surface area contributed by atoms with Gasteiger partial charge in [0.2, 0.25) is 5.91 Å². The smallest absolute Gasteiger partial charge is 0.240 e. The highest BCUT2D eigenvalue weighted by Gasteiger charge is 2.32. The van der Waals surface area contributed by atoms with Gasteiger partial charge in [0.05, 0.1) is 6.04 Å². The molecule has 23 heavy (non-hydrogen) atoms. The minimum atomic E-state index is 0.134. The Morgan fingerprint density at radius 2 is 1.78 bits per heavy atom. The standard InChI is InChI=1S/C19H29N3O/c1-2-21-11-7-6-10-18(21)19(23)22-14-12-20(13-15-22)16-17-8-4-3-5-9-17/h3-5,8-9,18H,2,6-7,10-16H2,1H3. The predicted molar refractivity (Wildman–Crippen MR) is 93.2 cm³/mol. The number of hydrogen-bond donors (Lipinski definition) is 0. The number of rotatable bonds is 4. The van der Waals surface area contributed by atoms with Crippen molar-refractivity contribution in [2.24, 2.45) is 0 Å². The van der Waals surface area contributed by atoms with E-state index in [1.165, 1.54) is 18.4 Å². The van der Waals surface area contributed by atoms with Gasteiger partial charge in [-0.1, -0.05) is 43.7 Å². The quantitative estimate of drug-likeness (QED) is 0.852. The van der Waals surface area contributed by atoms with Crippen LogP contribution in [0.4, 0.5) is 0 Å². The van der Waals surface area contributed by atoms with E-state index in [0.29, 0.717) is 5.91 Å². The van der Waals surface area contributed by atoms with Crippen molar-refractivity contribution in [3.8, 4) is 0 Å². The zero-order valence-corrected chi connectivity index (χ0v) is 14.3. The average molecular weight is 315 g/mol. The number of amides is 1. The van der Waals surface area contributed by atoms with Crippen LogP contribution in [0, 0.1) is 0 Å². The van der Waals surface area contributed by atoms with Gasteiger partial charge in [0.25, 0.3) is 0 Å². The Morgan fingerprint density at radius 3 is 2.48 bits per heavy atom. The lowest BCUT2D eigenvalue weighted by molar-refractivity contribution is -0.140. The van der Waals surface area contributed by atoms with Crippen molar-refractivity contribution < 1.29 is 4.79 Å². The molecule has 1 atom stereocenters. The monoisotopic (exact) mass is 315 g/mol. The maximum absolute atomic E-state index is 12.9. The van der Waals surface area contributed by atoms with Gasteiger partial charge in [-0.15, -0.1) is 0 Å². The van der Waals surface area contributed by atoms with Gasteiger partial charge >= 0.3 is 0 Å². The molecule has 0 bridgehead atoms. The lowest BCUT2D eigenvalue weighted by Crippen LogP contribution is -2.55. The molecule has 2 saturated heterocycles. The Bertz CT molecular complexity index is 497. The Labute approximate surface area is 140 Å². The first-order valence-electron chi connectivity index (χ1n) is 9.07. The van der Waals surface area contributed by atoms with E-state index in [4.69, 9.17) is 0 Å². The van der Waals surface area contributed by atoms with Gasteiger partial charge in [0, 0.05) is 32.7 Å². The van der Waals surface area contributed by atoms with Gasteiger partial charge in [0.15, 0.2) is 0 Å². The summed E-state index contributed by atoms with van der Waals surface area (Å²) < 4.78 is 0. The number of likely N-dealkylation sites (N-methyl/N-ethyl adjacent to an activating group) is 1. The van der Waals surface area contributed by atoms with E-state index < -0.39 is 0 Å². The normalized spacial score (nSPS) is 23.9. The molecule has 1 aromatic carbocycles. The summed E-state index contributed by atoms with van der Waals surface area (Å²) in [7, 11) is 0. The fourth-order valence-electron chi connectivity index (χ4n) is 3.83. The topological polar surface area (TPSA) is 26.8 Å². The van der Waals surface area contributed by atoms with Crippen LogP contribution in [-0.4, -0.2) is 65.9 Å². The lowest BCUT2D eigenvalue weighted by Gasteiger charge is -2.40. The van der Waals surface area contributed by atoms with Crippen LogP contribution in [0.5, 0.6) is 0 Å². The summed E-state index contributed by atoms with van der Waals surface area (Å²) in [4.78, 5) is 19.8. The molecule has 1 aromatic rings. The second kappa shape index (κ2) is 7.93. The van der Waals surface area contributed by atoms with E-state index >= 15 is 0 Å². The zero-order valence-electron chi connectivity index (χ0n) is 14.3. The summed E-state index contributed by atoms with van der Waals surface area (Å²) in [5, 5.41) is 0. The molecular formula is C19H29N3O. The van der Waals surface area contributed by atoms with Crippen molar-refractivity contribution in [3.63, 3.8) is 0 Å². The minimum absolute atomic E-state index is 0.134. The van der Waals surface area contributed by atoms with Gasteiger partial charge < -0.3 is 4.90 Å². The van der Waals surface area contributed by atoms with Crippen LogP contribution in [0.3, 0.4) is 0 Å². The number of piperazine rings is 1. The molecule has 2 aliphatic rings. The summed E-state index contributed by atoms with van der Waals surface area (Å²) in [6, 6.07) is 10.7. The summed E-state index contributed by atoms with van der Waals surface area (Å²) in [6.07, 6.45) is 3.47. The van der Waals surface area contributed by atoms with Crippen LogP contribution in [0.25, 0.3) is 0 Å². The highest BCUT2D eigenvalue weighted by Crippen LogP contribution is 2.19. The van der Waals surface area contributed by atoms with Gasteiger partial charge in [0.1, 0.15) is 0 Å². The molecule has 2 aliphatic heterocycles. The van der Waals surface area contributed by atoms with Crippen LogP contribution in [0.15, 0.2) is 30.3 Å². The fourth-order valence-corrected chi connectivity index (χ4v) is 3.83. The van der Waals surface area contributed by atoms with E-state index in [2.05, 4.69) is 52.0 Å². The van der Waals surface area contributed by atoms with Gasteiger partial charge in [-0.3, -0.25) is 14.6 Å². The number of carbonyl (C=O) groups excluding carboxylic acids is 1. The van der Waals surface area contributed by atoms with E-state index in [1.807, 2.05) is 0 Å². The van der Waals surface area contributed by atoms with Crippen LogP contribution < -0.4 is 0 Å². The number of hydrogen-bond acceptors (Lipinski definition) is 3. The molecule has 4 nitrogen and oxygen atoms in total. The van der Waals surface area contributed by atoms with Crippen molar-refractivity contribution in [2.45, 2.75) is 38.8 Å². The van der Waals surface area contributed by atoms with Crippen molar-refractivity contribution in [3.05, 3.63) is 35.9 Å². The molecule has 0 radical (unpaired) electrons. The average Bonchev–Trinajstić information content (AvgIpc) is 2.62. The third-order valence-electron chi connectivity index (χ3n) is 5.24. The first-order valence-corrected chi connectivity index (χ1v) is 9.07. The van der Waals surface area contributed by atoms with Gasteiger partial charge in [-0.05, 0) is 31.5 Å². The molecule has 2 heterocycles. The highest BCUT2D eigenvalue weighted by molar-refractivity contribution is 5.82. The van der Waals surface area contributed by atoms with Crippen LogP contribution in [0.1, 0.15) is 31.7 Å². The van der Waals surface area contributed by atoms with E-state index in [0.717, 1.165) is 52.2 Å². The SMILES string of the molecule is CCN1CCCCC1C(=O)N1CCN(Cc2ccccc2)CC1. The predicted octanol–water partition coefficient (Wildman–Crippen LogP) is 2.21. The number of likely N-dealkylation sites (tertiary alicyclic amines) is 1. The van der Waals surface area contributed by atoms with Crippen molar-refractivity contribution in [1.29, 1.82) is 0 Å². The first kappa shape index (κ1) is 16.5. The Balaban J connectivity index is 1.51. The van der Waals surface area contributed by atoms with Crippen LogP contribution >= 0.6 is 0 Å². The zero-order chi connectivity index (χ0) is 16.1. The molecule has 1 unspecified atom stereocenters. The Hall–Kier alpha value is -1.39. The third-order valence-corrected chi connectivity index (χ3v) is 5.24. The molecule has 3 rings (SSSR count). The molecule has 2 fully saturated rings. The summed E-state index contributed by atoms with van der Waals surface area (Å²) in [6.45, 7) is 8.96. The van der Waals surface area contributed by atoms with Crippen molar-refractivity contribution >= 4 is 5.91 Å². The highest BCUT2D eigenvalue weighted by atomic mass is 16.2. The summed E-state index contributed by atoms with van der Waals surface area (Å²) >= 11 is 0. The molecule has 1 amide bonds. The molecule has 0 spiro atoms. The van der Waals surface area contributed by atoms with Crippen LogP contribution in [-0.2, 0) is 11.3 Å². The molecule has 0 aliphatic carbocycles. The maximum atomic E-state index is 12.9. The van der Waals surface area contributed by atoms with Gasteiger partial charge in [-0.25, -0.2) is 0 Å². The minimum Gasteiger partial charge on any atom is -0.339 e. The number of carbonyl (C=O) groups is 1. The number of benzene rings is 1. The maximum Gasteiger partial charge on any atom is 0.240 e. The first-order chi connectivity index (χ1) is 11.3. The molecule has 126 valence electrons. The van der Waals surface area contributed by atoms with Gasteiger partial charge in [-0.2, -0.15) is 0 Å². The second-order valence-corrected chi connectivity index (χ2v) is 6.73. The summed E-state index contributed by atoms with van der Waals surface area (Å²) in [5.41, 5.74) is 1.36. The van der Waals surface area contributed by atoms with E-state index in [9.17, 15) is 4.79 Å². The Morgan fingerprint density at radius 1 is 1.04 bits per heavy atom. The van der Waals surface area contributed by atoms with Crippen molar-refractivity contribution in [1.82, 2.24) is 14.7 Å². The summed E-state index contributed by atoms with van der Waals surface area (Å²) in [5.74, 6) is 0.367. The molecule has 0 N–H and O–H groups in total. The van der Waals surface area contributed by atoms with E-state index in [-0.39, 0.29) is 6.04 Å². The molecule has 0 aromatic heterocycles. The lowest BCUT2D eigenvalue weighted by atomic mass is 10.0. The number of piperidine rings is 1. The largest absolute Gasteiger partial charge is 0.339 e. The molecular weight excluding hydrogens is 286 g/mol.